The molecule has 2 unspecified atom stereocenters. The van der Waals surface area contributed by atoms with Crippen LogP contribution in [-0.2, 0) is 0 Å². The molecular formula is C16H19N3OS. The van der Waals surface area contributed by atoms with Gasteiger partial charge in [-0.3, -0.25) is 4.79 Å². The summed E-state index contributed by atoms with van der Waals surface area (Å²) in [5.41, 5.74) is 1.05. The fraction of sp³-hybridized carbons (Fsp3) is 0.375. The minimum atomic E-state index is -0.0183. The highest BCUT2D eigenvalue weighted by Gasteiger charge is 2.23. The van der Waals surface area contributed by atoms with Gasteiger partial charge in [-0.1, -0.05) is 37.3 Å². The second kappa shape index (κ2) is 6.37. The number of aromatic nitrogens is 1. The van der Waals surface area contributed by atoms with Crippen molar-refractivity contribution in [3.63, 3.8) is 0 Å². The number of carbonyl (C=O) groups is 1. The number of nitrogens with one attached hydrogen (secondary N) is 2. The fourth-order valence-corrected chi connectivity index (χ4v) is 3.34. The lowest BCUT2D eigenvalue weighted by Gasteiger charge is -2.29. The molecule has 0 radical (unpaired) electrons. The smallest absolute Gasteiger partial charge is 0.263 e. The van der Waals surface area contributed by atoms with E-state index in [0.29, 0.717) is 10.8 Å². The van der Waals surface area contributed by atoms with Crippen LogP contribution < -0.4 is 10.6 Å². The van der Waals surface area contributed by atoms with E-state index in [1.165, 1.54) is 11.3 Å². The van der Waals surface area contributed by atoms with Crippen molar-refractivity contribution in [1.82, 2.24) is 15.6 Å². The molecule has 21 heavy (non-hydrogen) atoms. The number of piperidine rings is 1. The minimum Gasteiger partial charge on any atom is -0.347 e. The van der Waals surface area contributed by atoms with Gasteiger partial charge in [0, 0.05) is 18.2 Å². The van der Waals surface area contributed by atoms with Crippen molar-refractivity contribution in [2.45, 2.75) is 19.4 Å². The lowest BCUT2D eigenvalue weighted by molar-refractivity contribution is 0.0919. The molecule has 5 heteroatoms. The van der Waals surface area contributed by atoms with E-state index in [2.05, 4.69) is 22.5 Å². The zero-order valence-corrected chi connectivity index (χ0v) is 12.8. The summed E-state index contributed by atoms with van der Waals surface area (Å²) in [4.78, 5) is 17.4. The molecule has 0 bridgehead atoms. The Balaban J connectivity index is 1.69. The van der Waals surface area contributed by atoms with Crippen LogP contribution in [0.5, 0.6) is 0 Å². The molecule has 0 aliphatic carbocycles. The van der Waals surface area contributed by atoms with Gasteiger partial charge >= 0.3 is 0 Å². The Kier molecular flexibility index (Phi) is 4.31. The van der Waals surface area contributed by atoms with E-state index in [0.717, 1.165) is 30.1 Å². The molecular weight excluding hydrogens is 282 g/mol. The van der Waals surface area contributed by atoms with Crippen LogP contribution in [0.1, 0.15) is 23.0 Å². The molecule has 110 valence electrons. The van der Waals surface area contributed by atoms with Gasteiger partial charge in [0.15, 0.2) is 0 Å². The molecule has 1 saturated heterocycles. The molecule has 1 aliphatic heterocycles. The van der Waals surface area contributed by atoms with E-state index < -0.39 is 0 Å². The van der Waals surface area contributed by atoms with Crippen LogP contribution in [0.3, 0.4) is 0 Å². The molecule has 0 saturated carbocycles. The van der Waals surface area contributed by atoms with E-state index in [9.17, 15) is 4.79 Å². The van der Waals surface area contributed by atoms with Crippen LogP contribution in [0, 0.1) is 5.92 Å². The summed E-state index contributed by atoms with van der Waals surface area (Å²) in [7, 11) is 0. The number of benzene rings is 1. The van der Waals surface area contributed by atoms with Gasteiger partial charge in [-0.15, -0.1) is 11.3 Å². The van der Waals surface area contributed by atoms with E-state index in [4.69, 9.17) is 0 Å². The number of hydrogen-bond acceptors (Lipinski definition) is 4. The van der Waals surface area contributed by atoms with Gasteiger partial charge < -0.3 is 10.6 Å². The van der Waals surface area contributed by atoms with Crippen LogP contribution in [0.2, 0.25) is 0 Å². The molecule has 2 N–H and O–H groups in total. The molecule has 2 heterocycles. The zero-order chi connectivity index (χ0) is 14.7. The van der Waals surface area contributed by atoms with Gasteiger partial charge in [-0.2, -0.15) is 0 Å². The van der Waals surface area contributed by atoms with E-state index in [1.54, 1.807) is 6.20 Å². The molecule has 4 nitrogen and oxygen atoms in total. The third-order valence-electron chi connectivity index (χ3n) is 3.89. The van der Waals surface area contributed by atoms with Crippen molar-refractivity contribution >= 4 is 17.2 Å². The third-order valence-corrected chi connectivity index (χ3v) is 4.94. The van der Waals surface area contributed by atoms with Crippen LogP contribution in [0.4, 0.5) is 0 Å². The zero-order valence-electron chi connectivity index (χ0n) is 12.0. The topological polar surface area (TPSA) is 54.0 Å². The van der Waals surface area contributed by atoms with Gasteiger partial charge in [-0.05, 0) is 18.9 Å². The van der Waals surface area contributed by atoms with Gasteiger partial charge in [0.2, 0.25) is 0 Å². The SMILES string of the molecule is CC1CCNCC1NC(=O)c1cnc(-c2ccccc2)s1. The van der Waals surface area contributed by atoms with Crippen LogP contribution in [-0.4, -0.2) is 30.0 Å². The second-order valence-electron chi connectivity index (χ2n) is 5.45. The van der Waals surface area contributed by atoms with Gasteiger partial charge in [0.05, 0.1) is 6.20 Å². The molecule has 1 aromatic carbocycles. The van der Waals surface area contributed by atoms with E-state index in [-0.39, 0.29) is 11.9 Å². The first-order valence-corrected chi connectivity index (χ1v) is 8.08. The molecule has 2 aromatic rings. The number of amides is 1. The maximum atomic E-state index is 12.3. The lowest BCUT2D eigenvalue weighted by atomic mass is 9.95. The Hall–Kier alpha value is -1.72. The highest BCUT2D eigenvalue weighted by Crippen LogP contribution is 2.25. The van der Waals surface area contributed by atoms with E-state index in [1.807, 2.05) is 30.3 Å². The van der Waals surface area contributed by atoms with Crippen LogP contribution in [0.25, 0.3) is 10.6 Å². The van der Waals surface area contributed by atoms with Crippen LogP contribution >= 0.6 is 11.3 Å². The van der Waals surface area contributed by atoms with Crippen molar-refractivity contribution in [2.24, 2.45) is 5.92 Å². The molecule has 1 amide bonds. The average Bonchev–Trinajstić information content (AvgIpc) is 3.00. The molecule has 2 atom stereocenters. The van der Waals surface area contributed by atoms with Gasteiger partial charge in [-0.25, -0.2) is 4.98 Å². The predicted octanol–water partition coefficient (Wildman–Crippen LogP) is 2.54. The second-order valence-corrected chi connectivity index (χ2v) is 6.48. The lowest BCUT2D eigenvalue weighted by Crippen LogP contribution is -2.50. The molecule has 3 rings (SSSR count). The number of thiazole rings is 1. The van der Waals surface area contributed by atoms with Crippen molar-refractivity contribution in [3.8, 4) is 10.6 Å². The number of carbonyl (C=O) groups excluding carboxylic acids is 1. The Morgan fingerprint density at radius 1 is 1.38 bits per heavy atom. The fourth-order valence-electron chi connectivity index (χ4n) is 2.52. The molecule has 1 aliphatic rings. The number of rotatable bonds is 3. The number of nitrogens with zero attached hydrogens (tertiary/aromatic N) is 1. The molecule has 1 aromatic heterocycles. The Morgan fingerprint density at radius 3 is 2.95 bits per heavy atom. The third kappa shape index (κ3) is 3.31. The summed E-state index contributed by atoms with van der Waals surface area (Å²) in [6, 6.07) is 10.1. The summed E-state index contributed by atoms with van der Waals surface area (Å²) >= 11 is 1.44. The monoisotopic (exact) mass is 301 g/mol. The first-order chi connectivity index (χ1) is 10.2. The summed E-state index contributed by atoms with van der Waals surface area (Å²) in [6.45, 7) is 4.07. The summed E-state index contributed by atoms with van der Waals surface area (Å²) < 4.78 is 0. The number of hydrogen-bond donors (Lipinski definition) is 2. The molecule has 0 spiro atoms. The first kappa shape index (κ1) is 14.2. The van der Waals surface area contributed by atoms with Crippen molar-refractivity contribution in [1.29, 1.82) is 0 Å². The Labute approximate surface area is 128 Å². The van der Waals surface area contributed by atoms with Crippen molar-refractivity contribution in [2.75, 3.05) is 13.1 Å². The average molecular weight is 301 g/mol. The summed E-state index contributed by atoms with van der Waals surface area (Å²) in [5.74, 6) is 0.493. The predicted molar refractivity (Wildman–Crippen MR) is 85.5 cm³/mol. The largest absolute Gasteiger partial charge is 0.347 e. The van der Waals surface area contributed by atoms with Crippen molar-refractivity contribution in [3.05, 3.63) is 41.4 Å². The van der Waals surface area contributed by atoms with Gasteiger partial charge in [0.25, 0.3) is 5.91 Å². The van der Waals surface area contributed by atoms with Crippen molar-refractivity contribution < 1.29 is 4.79 Å². The van der Waals surface area contributed by atoms with E-state index >= 15 is 0 Å². The first-order valence-electron chi connectivity index (χ1n) is 7.27. The standard InChI is InChI=1S/C16H19N3OS/c1-11-7-8-17-9-13(11)19-15(20)14-10-18-16(21-14)12-5-3-2-4-6-12/h2-6,10-11,13,17H,7-9H2,1H3,(H,19,20). The van der Waals surface area contributed by atoms with Gasteiger partial charge in [0.1, 0.15) is 9.88 Å². The summed E-state index contributed by atoms with van der Waals surface area (Å²) in [6.07, 6.45) is 2.77. The highest BCUT2D eigenvalue weighted by molar-refractivity contribution is 7.16. The maximum Gasteiger partial charge on any atom is 0.263 e. The Bertz CT molecular complexity index is 611. The Morgan fingerprint density at radius 2 is 2.19 bits per heavy atom. The summed E-state index contributed by atoms with van der Waals surface area (Å²) in [5, 5.41) is 7.33. The maximum absolute atomic E-state index is 12.3. The quantitative estimate of drug-likeness (QED) is 0.916. The normalized spacial score (nSPS) is 22.0. The molecule has 1 fully saturated rings. The van der Waals surface area contributed by atoms with Crippen LogP contribution in [0.15, 0.2) is 36.5 Å². The highest BCUT2D eigenvalue weighted by atomic mass is 32.1. The minimum absolute atomic E-state index is 0.0183.